The minimum atomic E-state index is 0.00883. The lowest BCUT2D eigenvalue weighted by atomic mass is 10.1. The third kappa shape index (κ3) is 3.96. The second-order valence-electron chi connectivity index (χ2n) is 6.70. The summed E-state index contributed by atoms with van der Waals surface area (Å²) in [6.07, 6.45) is 2.15. The molecule has 0 bridgehead atoms. The molecular formula is C16H31N3O2. The quantitative estimate of drug-likeness (QED) is 0.802. The van der Waals surface area contributed by atoms with E-state index in [-0.39, 0.29) is 24.2 Å². The van der Waals surface area contributed by atoms with Gasteiger partial charge in [0.05, 0.1) is 25.4 Å². The fourth-order valence-corrected chi connectivity index (χ4v) is 3.42. The van der Waals surface area contributed by atoms with Crippen LogP contribution in [0.5, 0.6) is 0 Å². The van der Waals surface area contributed by atoms with Crippen molar-refractivity contribution in [2.75, 3.05) is 32.8 Å². The van der Waals surface area contributed by atoms with Crippen LogP contribution < -0.4 is 5.32 Å². The summed E-state index contributed by atoms with van der Waals surface area (Å²) in [5.74, 6) is 0.722. The summed E-state index contributed by atoms with van der Waals surface area (Å²) in [5, 5.41) is 3.54. The lowest BCUT2D eigenvalue weighted by Gasteiger charge is -2.36. The summed E-state index contributed by atoms with van der Waals surface area (Å²) in [6.45, 7) is 13.2. The Kier molecular flexibility index (Phi) is 6.02. The highest BCUT2D eigenvalue weighted by Crippen LogP contribution is 2.23. The number of hydrogen-bond acceptors (Lipinski definition) is 4. The van der Waals surface area contributed by atoms with Crippen LogP contribution in [-0.2, 0) is 9.53 Å². The maximum atomic E-state index is 12.7. The van der Waals surface area contributed by atoms with E-state index in [2.05, 4.69) is 42.8 Å². The van der Waals surface area contributed by atoms with E-state index in [1.54, 1.807) is 0 Å². The minimum absolute atomic E-state index is 0.00883. The second-order valence-corrected chi connectivity index (χ2v) is 6.70. The van der Waals surface area contributed by atoms with Gasteiger partial charge < -0.3 is 9.64 Å². The number of ether oxygens (including phenoxy) is 1. The van der Waals surface area contributed by atoms with Crippen LogP contribution in [0, 0.1) is 5.92 Å². The van der Waals surface area contributed by atoms with Gasteiger partial charge in [-0.25, -0.2) is 0 Å². The van der Waals surface area contributed by atoms with Gasteiger partial charge in [-0.1, -0.05) is 27.2 Å². The van der Waals surface area contributed by atoms with Crippen LogP contribution in [0.15, 0.2) is 0 Å². The maximum absolute atomic E-state index is 12.7. The Labute approximate surface area is 129 Å². The topological polar surface area (TPSA) is 44.8 Å². The molecule has 0 spiro atoms. The van der Waals surface area contributed by atoms with Crippen LogP contribution in [-0.4, -0.2) is 66.8 Å². The van der Waals surface area contributed by atoms with E-state index < -0.39 is 0 Å². The zero-order chi connectivity index (χ0) is 15.4. The molecular weight excluding hydrogens is 266 g/mol. The monoisotopic (exact) mass is 297 g/mol. The molecule has 0 aromatic rings. The molecule has 5 heteroatoms. The molecule has 1 amide bonds. The van der Waals surface area contributed by atoms with Crippen molar-refractivity contribution in [3.8, 4) is 0 Å². The Bertz CT molecular complexity index is 342. The molecule has 21 heavy (non-hydrogen) atoms. The molecule has 2 aliphatic heterocycles. The third-order valence-corrected chi connectivity index (χ3v) is 4.53. The largest absolute Gasteiger partial charge is 0.379 e. The predicted octanol–water partition coefficient (Wildman–Crippen LogP) is 1.29. The Morgan fingerprint density at radius 3 is 2.52 bits per heavy atom. The van der Waals surface area contributed by atoms with E-state index in [9.17, 15) is 4.79 Å². The van der Waals surface area contributed by atoms with Crippen molar-refractivity contribution in [2.24, 2.45) is 5.92 Å². The molecule has 0 aliphatic carbocycles. The Balaban J connectivity index is 2.01. The predicted molar refractivity (Wildman–Crippen MR) is 84.0 cm³/mol. The Morgan fingerprint density at radius 1 is 1.29 bits per heavy atom. The van der Waals surface area contributed by atoms with Gasteiger partial charge in [0.15, 0.2) is 0 Å². The molecule has 122 valence electrons. The highest BCUT2D eigenvalue weighted by Gasteiger charge is 2.42. The molecule has 0 aromatic carbocycles. The number of carbonyl (C=O) groups is 1. The molecule has 5 nitrogen and oxygen atoms in total. The molecule has 2 heterocycles. The molecule has 3 atom stereocenters. The van der Waals surface area contributed by atoms with Gasteiger partial charge in [0, 0.05) is 25.7 Å². The fraction of sp³-hybridized carbons (Fsp3) is 0.938. The number of amides is 1. The normalized spacial score (nSPS) is 29.4. The standard InChI is InChI=1S/C16H31N3O2/c1-5-6-14-16(20)19(15(17-14)12(2)3)13(4)11-18-7-9-21-10-8-18/h12-15,17H,5-11H2,1-4H3. The van der Waals surface area contributed by atoms with E-state index >= 15 is 0 Å². The zero-order valence-electron chi connectivity index (χ0n) is 14.0. The summed E-state index contributed by atoms with van der Waals surface area (Å²) in [5.41, 5.74) is 0. The van der Waals surface area contributed by atoms with Crippen LogP contribution in [0.3, 0.4) is 0 Å². The lowest BCUT2D eigenvalue weighted by molar-refractivity contribution is -0.133. The molecule has 3 unspecified atom stereocenters. The van der Waals surface area contributed by atoms with Crippen LogP contribution >= 0.6 is 0 Å². The summed E-state index contributed by atoms with van der Waals surface area (Å²) in [4.78, 5) is 17.2. The van der Waals surface area contributed by atoms with Gasteiger partial charge in [-0.2, -0.15) is 0 Å². The average Bonchev–Trinajstić information content (AvgIpc) is 2.78. The number of carbonyl (C=O) groups excluding carboxylic acids is 1. The SMILES string of the molecule is CCCC1NC(C(C)C)N(C(C)CN2CCOCC2)C1=O. The van der Waals surface area contributed by atoms with Gasteiger partial charge in [-0.15, -0.1) is 0 Å². The van der Waals surface area contributed by atoms with E-state index in [0.717, 1.165) is 45.7 Å². The van der Waals surface area contributed by atoms with Gasteiger partial charge in [0.1, 0.15) is 0 Å². The molecule has 0 radical (unpaired) electrons. The number of morpholine rings is 1. The summed E-state index contributed by atoms with van der Waals surface area (Å²) >= 11 is 0. The van der Waals surface area contributed by atoms with Crippen LogP contribution in [0.4, 0.5) is 0 Å². The van der Waals surface area contributed by atoms with Gasteiger partial charge in [0.25, 0.3) is 0 Å². The molecule has 2 rings (SSSR count). The van der Waals surface area contributed by atoms with Gasteiger partial charge in [-0.05, 0) is 19.3 Å². The van der Waals surface area contributed by atoms with Crippen molar-refractivity contribution >= 4 is 5.91 Å². The highest BCUT2D eigenvalue weighted by atomic mass is 16.5. The Morgan fingerprint density at radius 2 is 1.95 bits per heavy atom. The van der Waals surface area contributed by atoms with E-state index in [4.69, 9.17) is 4.74 Å². The summed E-state index contributed by atoms with van der Waals surface area (Å²) in [7, 11) is 0. The van der Waals surface area contributed by atoms with Crippen molar-refractivity contribution in [1.82, 2.24) is 15.1 Å². The zero-order valence-corrected chi connectivity index (χ0v) is 14.0. The average molecular weight is 297 g/mol. The van der Waals surface area contributed by atoms with Crippen molar-refractivity contribution in [3.05, 3.63) is 0 Å². The van der Waals surface area contributed by atoms with Crippen LogP contribution in [0.25, 0.3) is 0 Å². The molecule has 2 aliphatic rings. The van der Waals surface area contributed by atoms with Crippen molar-refractivity contribution < 1.29 is 9.53 Å². The fourth-order valence-electron chi connectivity index (χ4n) is 3.42. The van der Waals surface area contributed by atoms with Crippen molar-refractivity contribution in [2.45, 2.75) is 58.8 Å². The second kappa shape index (κ2) is 7.56. The number of rotatable bonds is 6. The first-order chi connectivity index (χ1) is 10.0. The molecule has 1 N–H and O–H groups in total. The van der Waals surface area contributed by atoms with Gasteiger partial charge in [-0.3, -0.25) is 15.0 Å². The number of nitrogens with one attached hydrogen (secondary N) is 1. The van der Waals surface area contributed by atoms with Crippen molar-refractivity contribution in [3.63, 3.8) is 0 Å². The molecule has 0 saturated carbocycles. The third-order valence-electron chi connectivity index (χ3n) is 4.53. The summed E-state index contributed by atoms with van der Waals surface area (Å²) < 4.78 is 5.40. The first kappa shape index (κ1) is 16.7. The van der Waals surface area contributed by atoms with Crippen LogP contribution in [0.1, 0.15) is 40.5 Å². The van der Waals surface area contributed by atoms with Crippen molar-refractivity contribution in [1.29, 1.82) is 0 Å². The number of nitrogens with zero attached hydrogens (tertiary/aromatic N) is 2. The van der Waals surface area contributed by atoms with Gasteiger partial charge >= 0.3 is 0 Å². The van der Waals surface area contributed by atoms with E-state index in [1.165, 1.54) is 0 Å². The highest BCUT2D eigenvalue weighted by molar-refractivity contribution is 5.84. The minimum Gasteiger partial charge on any atom is -0.379 e. The van der Waals surface area contributed by atoms with E-state index in [0.29, 0.717) is 5.92 Å². The molecule has 2 saturated heterocycles. The summed E-state index contributed by atoms with van der Waals surface area (Å²) in [6, 6.07) is 0.256. The first-order valence-corrected chi connectivity index (χ1v) is 8.43. The maximum Gasteiger partial charge on any atom is 0.241 e. The smallest absolute Gasteiger partial charge is 0.241 e. The Hall–Kier alpha value is -0.650. The van der Waals surface area contributed by atoms with Crippen LogP contribution in [0.2, 0.25) is 0 Å². The lowest BCUT2D eigenvalue weighted by Crippen LogP contribution is -2.51. The first-order valence-electron chi connectivity index (χ1n) is 8.43. The molecule has 2 fully saturated rings. The number of hydrogen-bond donors (Lipinski definition) is 1. The van der Waals surface area contributed by atoms with E-state index in [1.807, 2.05) is 0 Å². The van der Waals surface area contributed by atoms with Gasteiger partial charge in [0.2, 0.25) is 5.91 Å². The molecule has 0 aromatic heterocycles.